The van der Waals surface area contributed by atoms with E-state index in [1.54, 1.807) is 0 Å². The molecule has 0 spiro atoms. The number of aliphatic hydroxyl groups is 1. The molecule has 0 aliphatic heterocycles. The lowest BCUT2D eigenvalue weighted by atomic mass is 10.5. The Morgan fingerprint density at radius 3 is 2.57 bits per heavy atom. The van der Waals surface area contributed by atoms with Crippen LogP contribution in [0.1, 0.15) is 0 Å². The highest BCUT2D eigenvalue weighted by molar-refractivity contribution is 4.79. The topological polar surface area (TPSA) is 49.7 Å². The van der Waals surface area contributed by atoms with Crippen LogP contribution >= 0.6 is 0 Å². The van der Waals surface area contributed by atoms with Crippen LogP contribution in [-0.4, -0.2) is 23.6 Å². The monoisotopic (exact) mass is 104 g/mol. The predicted molar refractivity (Wildman–Crippen MR) is 24.8 cm³/mol. The van der Waals surface area contributed by atoms with Crippen molar-refractivity contribution < 1.29 is 15.3 Å². The summed E-state index contributed by atoms with van der Waals surface area (Å²) >= 11 is 0. The lowest BCUT2D eigenvalue weighted by Gasteiger charge is -1.81. The summed E-state index contributed by atoms with van der Waals surface area (Å²) in [4.78, 5) is 3.65. The second-order valence-corrected chi connectivity index (χ2v) is 0.950. The van der Waals surface area contributed by atoms with Crippen molar-refractivity contribution in [2.75, 3.05) is 13.2 Å². The van der Waals surface area contributed by atoms with E-state index in [-0.39, 0.29) is 13.2 Å². The van der Waals surface area contributed by atoms with Gasteiger partial charge in [0, 0.05) is 0 Å². The average molecular weight is 104 g/mol. The minimum Gasteiger partial charge on any atom is -0.392 e. The van der Waals surface area contributed by atoms with Gasteiger partial charge in [-0.1, -0.05) is 12.2 Å². The van der Waals surface area contributed by atoms with Gasteiger partial charge in [-0.15, -0.1) is 0 Å². The van der Waals surface area contributed by atoms with Crippen molar-refractivity contribution in [3.63, 3.8) is 0 Å². The van der Waals surface area contributed by atoms with Crippen LogP contribution in [0.15, 0.2) is 12.2 Å². The molecule has 0 aliphatic rings. The minimum atomic E-state index is -0.0106. The zero-order chi connectivity index (χ0) is 5.54. The van der Waals surface area contributed by atoms with Gasteiger partial charge in [0.2, 0.25) is 0 Å². The molecule has 0 rings (SSSR count). The van der Waals surface area contributed by atoms with Gasteiger partial charge in [-0.3, -0.25) is 5.26 Å². The summed E-state index contributed by atoms with van der Waals surface area (Å²) in [5, 5.41) is 15.7. The van der Waals surface area contributed by atoms with E-state index in [1.807, 2.05) is 0 Å². The van der Waals surface area contributed by atoms with Crippen molar-refractivity contribution in [2.24, 2.45) is 0 Å². The molecule has 0 saturated heterocycles. The fraction of sp³-hybridized carbons (Fsp3) is 0.500. The predicted octanol–water partition coefficient (Wildman–Crippen LogP) is 0.0245. The Kier molecular flexibility index (Phi) is 5.31. The Balaban J connectivity index is 2.78. The first-order chi connectivity index (χ1) is 3.41. The maximum absolute atomic E-state index is 8.07. The van der Waals surface area contributed by atoms with Crippen molar-refractivity contribution in [3.8, 4) is 0 Å². The van der Waals surface area contributed by atoms with E-state index in [0.29, 0.717) is 0 Å². The molecule has 3 nitrogen and oxygen atoms in total. The van der Waals surface area contributed by atoms with Gasteiger partial charge in [-0.25, -0.2) is 4.89 Å². The van der Waals surface area contributed by atoms with Gasteiger partial charge in [-0.05, 0) is 0 Å². The zero-order valence-electron chi connectivity index (χ0n) is 3.87. The zero-order valence-corrected chi connectivity index (χ0v) is 3.87. The number of hydrogen-bond acceptors (Lipinski definition) is 3. The molecule has 7 heavy (non-hydrogen) atoms. The lowest BCUT2D eigenvalue weighted by molar-refractivity contribution is -0.231. The first-order valence-corrected chi connectivity index (χ1v) is 1.94. The summed E-state index contributed by atoms with van der Waals surface area (Å²) in [5.41, 5.74) is 0. The molecule has 0 saturated carbocycles. The molecule has 0 aromatic rings. The molecule has 2 N–H and O–H groups in total. The van der Waals surface area contributed by atoms with Gasteiger partial charge in [0.05, 0.1) is 6.61 Å². The number of rotatable bonds is 3. The van der Waals surface area contributed by atoms with Crippen LogP contribution in [0.4, 0.5) is 0 Å². The van der Waals surface area contributed by atoms with E-state index in [9.17, 15) is 0 Å². The molecular weight excluding hydrogens is 96.0 g/mol. The standard InChI is InChI=1S/C4H8O3/c5-3-1-2-4-7-6/h1-2,5-6H,3-4H2/b2-1-. The Hall–Kier alpha value is -0.380. The summed E-state index contributed by atoms with van der Waals surface area (Å²) in [6, 6.07) is 0. The van der Waals surface area contributed by atoms with Gasteiger partial charge >= 0.3 is 0 Å². The highest BCUT2D eigenvalue weighted by Crippen LogP contribution is 1.69. The van der Waals surface area contributed by atoms with Crippen LogP contribution < -0.4 is 0 Å². The summed E-state index contributed by atoms with van der Waals surface area (Å²) in [5.74, 6) is 0. The van der Waals surface area contributed by atoms with E-state index in [0.717, 1.165) is 0 Å². The third kappa shape index (κ3) is 5.62. The van der Waals surface area contributed by atoms with Gasteiger partial charge in [0.15, 0.2) is 0 Å². The van der Waals surface area contributed by atoms with Crippen LogP contribution in [0.25, 0.3) is 0 Å². The maximum Gasteiger partial charge on any atom is 0.100 e. The van der Waals surface area contributed by atoms with Crippen molar-refractivity contribution >= 4 is 0 Å². The quantitative estimate of drug-likeness (QED) is 0.301. The molecule has 0 unspecified atom stereocenters. The first-order valence-electron chi connectivity index (χ1n) is 1.94. The Labute approximate surface area is 41.8 Å². The second-order valence-electron chi connectivity index (χ2n) is 0.950. The highest BCUT2D eigenvalue weighted by atomic mass is 17.1. The fourth-order valence-corrected chi connectivity index (χ4v) is 0.186. The normalized spacial score (nSPS) is 10.6. The second kappa shape index (κ2) is 5.62. The van der Waals surface area contributed by atoms with Gasteiger partial charge < -0.3 is 5.11 Å². The van der Waals surface area contributed by atoms with Crippen molar-refractivity contribution in [2.45, 2.75) is 0 Å². The Bertz CT molecular complexity index is 50.9. The third-order valence-corrected chi connectivity index (χ3v) is 0.443. The maximum atomic E-state index is 8.07. The lowest BCUT2D eigenvalue weighted by Crippen LogP contribution is -1.82. The first kappa shape index (κ1) is 6.62. The van der Waals surface area contributed by atoms with Gasteiger partial charge in [-0.2, -0.15) is 0 Å². The van der Waals surface area contributed by atoms with E-state index in [2.05, 4.69) is 4.89 Å². The molecule has 0 atom stereocenters. The van der Waals surface area contributed by atoms with E-state index >= 15 is 0 Å². The van der Waals surface area contributed by atoms with Crippen molar-refractivity contribution in [3.05, 3.63) is 12.2 Å². The minimum absolute atomic E-state index is 0.0106. The van der Waals surface area contributed by atoms with Crippen molar-refractivity contribution in [1.29, 1.82) is 0 Å². The Morgan fingerprint density at radius 2 is 2.14 bits per heavy atom. The summed E-state index contributed by atoms with van der Waals surface area (Å²) < 4.78 is 0. The molecule has 0 radical (unpaired) electrons. The third-order valence-electron chi connectivity index (χ3n) is 0.443. The van der Waals surface area contributed by atoms with Crippen LogP contribution in [0.2, 0.25) is 0 Å². The molecule has 0 heterocycles. The van der Waals surface area contributed by atoms with Crippen LogP contribution in [0.5, 0.6) is 0 Å². The summed E-state index contributed by atoms with van der Waals surface area (Å²) in [7, 11) is 0. The number of aliphatic hydroxyl groups excluding tert-OH is 1. The van der Waals surface area contributed by atoms with E-state index in [1.165, 1.54) is 12.2 Å². The van der Waals surface area contributed by atoms with Crippen LogP contribution in [0, 0.1) is 0 Å². The van der Waals surface area contributed by atoms with Crippen molar-refractivity contribution in [1.82, 2.24) is 0 Å². The number of hydrogen-bond donors (Lipinski definition) is 2. The smallest absolute Gasteiger partial charge is 0.100 e. The molecule has 0 aromatic carbocycles. The SMILES string of the molecule is OC/C=C\COO. The van der Waals surface area contributed by atoms with Crippen LogP contribution in [0.3, 0.4) is 0 Å². The molecule has 0 aromatic heterocycles. The van der Waals surface area contributed by atoms with E-state index in [4.69, 9.17) is 10.4 Å². The molecule has 0 fully saturated rings. The highest BCUT2D eigenvalue weighted by Gasteiger charge is 1.68. The average Bonchev–Trinajstić information content (AvgIpc) is 1.69. The molecule has 42 valence electrons. The van der Waals surface area contributed by atoms with E-state index < -0.39 is 0 Å². The molecule has 3 heteroatoms. The van der Waals surface area contributed by atoms with Gasteiger partial charge in [0.1, 0.15) is 6.61 Å². The summed E-state index contributed by atoms with van der Waals surface area (Å²) in [6.07, 6.45) is 3.00. The van der Waals surface area contributed by atoms with Gasteiger partial charge in [0.25, 0.3) is 0 Å². The fourth-order valence-electron chi connectivity index (χ4n) is 0.186. The van der Waals surface area contributed by atoms with Crippen LogP contribution in [-0.2, 0) is 4.89 Å². The molecule has 0 bridgehead atoms. The summed E-state index contributed by atoms with van der Waals surface area (Å²) in [6.45, 7) is 0.129. The molecular formula is C4H8O3. The Morgan fingerprint density at radius 1 is 1.43 bits per heavy atom. The largest absolute Gasteiger partial charge is 0.392 e. The molecule has 0 aliphatic carbocycles. The molecule has 0 amide bonds.